The summed E-state index contributed by atoms with van der Waals surface area (Å²) in [5.41, 5.74) is 0.690. The molecule has 0 aliphatic carbocycles. The van der Waals surface area contributed by atoms with E-state index in [2.05, 4.69) is 10.3 Å². The van der Waals surface area contributed by atoms with Crippen LogP contribution in [0.15, 0.2) is 36.4 Å². The van der Waals surface area contributed by atoms with E-state index < -0.39 is 23.1 Å². The van der Waals surface area contributed by atoms with Gasteiger partial charge in [-0.2, -0.15) is 0 Å². The minimum atomic E-state index is -0.940. The maximum Gasteiger partial charge on any atom is 0.263 e. The summed E-state index contributed by atoms with van der Waals surface area (Å²) in [4.78, 5) is 17.3. The molecule has 4 rings (SSSR count). The van der Waals surface area contributed by atoms with Crippen LogP contribution >= 0.6 is 11.3 Å². The molecular weight excluding hydrogens is 362 g/mol. The molecule has 0 fully saturated rings. The van der Waals surface area contributed by atoms with Crippen molar-refractivity contribution in [3.05, 3.63) is 59.3 Å². The van der Waals surface area contributed by atoms with Gasteiger partial charge in [0.05, 0.1) is 17.2 Å². The molecule has 0 spiro atoms. The van der Waals surface area contributed by atoms with Gasteiger partial charge >= 0.3 is 0 Å². The van der Waals surface area contributed by atoms with Crippen molar-refractivity contribution in [2.24, 2.45) is 0 Å². The van der Waals surface area contributed by atoms with Crippen LogP contribution in [-0.4, -0.2) is 22.6 Å². The maximum absolute atomic E-state index is 13.8. The Balaban J connectivity index is 1.69. The summed E-state index contributed by atoms with van der Waals surface area (Å²) in [6.07, 6.45) is 0.505. The average molecular weight is 374 g/mol. The molecule has 2 heterocycles. The summed E-state index contributed by atoms with van der Waals surface area (Å²) in [5.74, 6) is -2.11. The van der Waals surface area contributed by atoms with E-state index in [4.69, 9.17) is 4.74 Å². The molecule has 0 saturated carbocycles. The van der Waals surface area contributed by atoms with Crippen LogP contribution in [0.5, 0.6) is 11.5 Å². The number of carbonyl (C=O) groups excluding carboxylic acids is 1. The van der Waals surface area contributed by atoms with Gasteiger partial charge in [0.2, 0.25) is 0 Å². The number of anilines is 1. The van der Waals surface area contributed by atoms with E-state index in [-0.39, 0.29) is 10.9 Å². The zero-order valence-corrected chi connectivity index (χ0v) is 14.1. The van der Waals surface area contributed by atoms with Gasteiger partial charge in [-0.25, -0.2) is 13.8 Å². The van der Waals surface area contributed by atoms with Crippen molar-refractivity contribution in [1.82, 2.24) is 4.98 Å². The number of phenolic OH excluding ortho intramolecular Hbond substituents is 1. The first kappa shape index (κ1) is 16.5. The fourth-order valence-corrected chi connectivity index (χ4v) is 3.77. The van der Waals surface area contributed by atoms with Gasteiger partial charge in [-0.05, 0) is 30.3 Å². The lowest BCUT2D eigenvalue weighted by Crippen LogP contribution is -2.15. The minimum Gasteiger partial charge on any atom is -0.508 e. The summed E-state index contributed by atoms with van der Waals surface area (Å²) in [6, 6.07) is 7.97. The lowest BCUT2D eigenvalue weighted by Gasteiger charge is -2.07. The number of carbonyl (C=O) groups is 1. The molecule has 1 aromatic heterocycles. The Hall–Kier alpha value is -3.00. The van der Waals surface area contributed by atoms with Crippen LogP contribution in [0.4, 0.5) is 13.9 Å². The summed E-state index contributed by atoms with van der Waals surface area (Å²) < 4.78 is 33.2. The highest BCUT2D eigenvalue weighted by atomic mass is 32.1. The molecule has 5 nitrogen and oxygen atoms in total. The van der Waals surface area contributed by atoms with E-state index in [0.29, 0.717) is 30.0 Å². The van der Waals surface area contributed by atoms with Crippen LogP contribution in [0.2, 0.25) is 0 Å². The van der Waals surface area contributed by atoms with E-state index in [0.717, 1.165) is 28.3 Å². The molecule has 0 saturated heterocycles. The molecular formula is C18H12F2N2O3S. The fourth-order valence-electron chi connectivity index (χ4n) is 2.74. The average Bonchev–Trinajstić information content (AvgIpc) is 2.91. The lowest BCUT2D eigenvalue weighted by atomic mass is 10.1. The van der Waals surface area contributed by atoms with Crippen molar-refractivity contribution in [2.45, 2.75) is 6.42 Å². The predicted octanol–water partition coefficient (Wildman–Crippen LogP) is 3.98. The van der Waals surface area contributed by atoms with E-state index in [1.807, 2.05) is 0 Å². The van der Waals surface area contributed by atoms with Gasteiger partial charge in [-0.3, -0.25) is 10.1 Å². The molecule has 1 amide bonds. The Morgan fingerprint density at radius 2 is 2.00 bits per heavy atom. The number of aromatic hydroxyl groups is 1. The summed E-state index contributed by atoms with van der Waals surface area (Å²) >= 11 is 1.16. The van der Waals surface area contributed by atoms with Crippen LogP contribution in [0.25, 0.3) is 10.4 Å². The van der Waals surface area contributed by atoms with Gasteiger partial charge in [0.1, 0.15) is 28.7 Å². The zero-order chi connectivity index (χ0) is 18.3. The fraction of sp³-hybridized carbons (Fsp3) is 0.111. The molecule has 0 atom stereocenters. The van der Waals surface area contributed by atoms with Crippen molar-refractivity contribution in [3.8, 4) is 21.9 Å². The summed E-state index contributed by atoms with van der Waals surface area (Å²) in [5, 5.41) is 12.4. The van der Waals surface area contributed by atoms with E-state index in [9.17, 15) is 18.7 Å². The van der Waals surface area contributed by atoms with Gasteiger partial charge < -0.3 is 9.84 Å². The Morgan fingerprint density at radius 3 is 2.77 bits per heavy atom. The first-order chi connectivity index (χ1) is 12.5. The van der Waals surface area contributed by atoms with Crippen molar-refractivity contribution >= 4 is 22.4 Å². The molecule has 132 valence electrons. The number of phenols is 1. The molecule has 0 unspecified atom stereocenters. The number of amides is 1. The number of hydrogen-bond acceptors (Lipinski definition) is 5. The number of rotatable bonds is 2. The normalized spacial score (nSPS) is 12.5. The first-order valence-electron chi connectivity index (χ1n) is 7.74. The van der Waals surface area contributed by atoms with Crippen LogP contribution < -0.4 is 10.1 Å². The molecule has 0 bridgehead atoms. The van der Waals surface area contributed by atoms with Gasteiger partial charge in [-0.1, -0.05) is 17.4 Å². The number of aromatic nitrogens is 1. The Bertz CT molecular complexity index is 999. The first-order valence-corrected chi connectivity index (χ1v) is 8.56. The molecule has 3 aromatic rings. The molecule has 0 radical (unpaired) electrons. The minimum absolute atomic E-state index is 0.0765. The van der Waals surface area contributed by atoms with Gasteiger partial charge in [0, 0.05) is 12.0 Å². The Kier molecular flexibility index (Phi) is 4.04. The van der Waals surface area contributed by atoms with Crippen molar-refractivity contribution < 1.29 is 23.4 Å². The number of nitrogens with one attached hydrogen (secondary N) is 1. The molecule has 2 N–H and O–H groups in total. The lowest BCUT2D eigenvalue weighted by molar-refractivity contribution is 0.101. The third-order valence-electron chi connectivity index (χ3n) is 3.91. The number of halogens is 2. The highest BCUT2D eigenvalue weighted by Gasteiger charge is 2.23. The predicted molar refractivity (Wildman–Crippen MR) is 92.7 cm³/mol. The molecule has 1 aliphatic heterocycles. The van der Waals surface area contributed by atoms with E-state index >= 15 is 0 Å². The van der Waals surface area contributed by atoms with Crippen molar-refractivity contribution in [3.63, 3.8) is 0 Å². The number of thiazole rings is 1. The number of fused-ring (bicyclic) bond motifs is 3. The van der Waals surface area contributed by atoms with Crippen molar-refractivity contribution in [1.29, 1.82) is 0 Å². The molecule has 2 aromatic carbocycles. The molecule has 1 aliphatic rings. The second kappa shape index (κ2) is 6.38. The summed E-state index contributed by atoms with van der Waals surface area (Å²) in [6.45, 7) is 0.393. The van der Waals surface area contributed by atoms with Crippen LogP contribution in [-0.2, 0) is 6.42 Å². The zero-order valence-electron chi connectivity index (χ0n) is 13.3. The monoisotopic (exact) mass is 374 g/mol. The molecule has 8 heteroatoms. The number of benzene rings is 2. The van der Waals surface area contributed by atoms with Gasteiger partial charge in [0.15, 0.2) is 5.13 Å². The number of nitrogens with zero attached hydrogens (tertiary/aromatic N) is 1. The third kappa shape index (κ3) is 2.88. The SMILES string of the molecule is O=C(Nc1nc2c(s1)-c1cc(O)ccc1OCC2)c1c(F)cccc1F. The Labute approximate surface area is 150 Å². The second-order valence-electron chi connectivity index (χ2n) is 5.62. The van der Waals surface area contributed by atoms with Crippen molar-refractivity contribution in [2.75, 3.05) is 11.9 Å². The highest BCUT2D eigenvalue weighted by Crippen LogP contribution is 2.42. The third-order valence-corrected chi connectivity index (χ3v) is 4.96. The smallest absolute Gasteiger partial charge is 0.263 e. The number of hydrogen-bond donors (Lipinski definition) is 2. The van der Waals surface area contributed by atoms with Crippen LogP contribution in [0, 0.1) is 11.6 Å². The van der Waals surface area contributed by atoms with E-state index in [1.165, 1.54) is 12.1 Å². The quantitative estimate of drug-likeness (QED) is 0.712. The van der Waals surface area contributed by atoms with Crippen LogP contribution in [0.1, 0.15) is 16.1 Å². The topological polar surface area (TPSA) is 71.5 Å². The second-order valence-corrected chi connectivity index (χ2v) is 6.62. The van der Waals surface area contributed by atoms with Gasteiger partial charge in [-0.15, -0.1) is 0 Å². The maximum atomic E-state index is 13.8. The Morgan fingerprint density at radius 1 is 1.23 bits per heavy atom. The van der Waals surface area contributed by atoms with E-state index in [1.54, 1.807) is 12.1 Å². The molecule has 26 heavy (non-hydrogen) atoms. The summed E-state index contributed by atoms with van der Waals surface area (Å²) in [7, 11) is 0. The standard InChI is InChI=1S/C18H12F2N2O3S/c19-11-2-1-3-12(20)15(11)17(24)22-18-21-13-6-7-25-14-5-4-9(23)8-10(14)16(13)26-18/h1-5,8,23H,6-7H2,(H,21,22,24). The number of ether oxygens (including phenoxy) is 1. The van der Waals surface area contributed by atoms with Gasteiger partial charge in [0.25, 0.3) is 5.91 Å². The van der Waals surface area contributed by atoms with Crippen LogP contribution in [0.3, 0.4) is 0 Å². The highest BCUT2D eigenvalue weighted by molar-refractivity contribution is 7.19. The largest absolute Gasteiger partial charge is 0.508 e.